The molecule has 0 aliphatic carbocycles. The van der Waals surface area contributed by atoms with Gasteiger partial charge in [0.05, 0.1) is 30.4 Å². The summed E-state index contributed by atoms with van der Waals surface area (Å²) in [5.74, 6) is 1.06. The van der Waals surface area contributed by atoms with Crippen molar-refractivity contribution in [3.05, 3.63) is 30.1 Å². The molecule has 6 nitrogen and oxygen atoms in total. The van der Waals surface area contributed by atoms with Crippen molar-refractivity contribution in [1.29, 1.82) is 0 Å². The molecule has 4 saturated heterocycles. The van der Waals surface area contributed by atoms with E-state index in [1.165, 1.54) is 0 Å². The fourth-order valence-electron chi connectivity index (χ4n) is 5.18. The minimum absolute atomic E-state index is 0.0618. The van der Waals surface area contributed by atoms with Gasteiger partial charge in [-0.2, -0.15) is 0 Å². The molecule has 0 spiro atoms. The fraction of sp³-hybridized carbons (Fsp3) is 0.632. The number of fused-ring (bicyclic) bond motifs is 5. The van der Waals surface area contributed by atoms with Crippen molar-refractivity contribution < 1.29 is 14.3 Å². The molecule has 25 heavy (non-hydrogen) atoms. The minimum atomic E-state index is -0.200. The number of rotatable bonds is 3. The summed E-state index contributed by atoms with van der Waals surface area (Å²) in [6.07, 6.45) is 5.08. The van der Waals surface area contributed by atoms with Gasteiger partial charge in [-0.1, -0.05) is 6.07 Å². The zero-order valence-electron chi connectivity index (χ0n) is 14.2. The standard InChI is InChI=1S/C19H23N3O3/c23-18-7-12(8-21(18)9-13-3-1-2-6-20-13)19(24)22-10-14-15(11-22)17-5-4-16(14)25-17/h1-3,6,12,14-17H,4-5,7-11H2/t12-,14-,15+,16+,17-/m1/s1. The zero-order valence-corrected chi connectivity index (χ0v) is 14.2. The molecule has 6 heteroatoms. The molecule has 5 atom stereocenters. The molecule has 0 radical (unpaired) electrons. The zero-order chi connectivity index (χ0) is 17.0. The monoisotopic (exact) mass is 341 g/mol. The van der Waals surface area contributed by atoms with Crippen molar-refractivity contribution in [3.63, 3.8) is 0 Å². The first-order valence-corrected chi connectivity index (χ1v) is 9.31. The van der Waals surface area contributed by atoms with Crippen LogP contribution in [0.4, 0.5) is 0 Å². The molecule has 4 aliphatic rings. The molecule has 0 unspecified atom stereocenters. The van der Waals surface area contributed by atoms with Crippen molar-refractivity contribution >= 4 is 11.8 Å². The van der Waals surface area contributed by atoms with Gasteiger partial charge in [0.2, 0.25) is 11.8 Å². The highest BCUT2D eigenvalue weighted by molar-refractivity contribution is 5.89. The molecule has 4 aliphatic heterocycles. The van der Waals surface area contributed by atoms with Crippen LogP contribution in [0.15, 0.2) is 24.4 Å². The topological polar surface area (TPSA) is 62.7 Å². The molecular weight excluding hydrogens is 318 g/mol. The molecule has 1 aromatic rings. The number of carbonyl (C=O) groups is 2. The number of likely N-dealkylation sites (tertiary alicyclic amines) is 2. The van der Waals surface area contributed by atoms with Gasteiger partial charge in [0.25, 0.3) is 0 Å². The lowest BCUT2D eigenvalue weighted by atomic mass is 9.82. The third kappa shape index (κ3) is 2.54. The lowest BCUT2D eigenvalue weighted by Gasteiger charge is -2.22. The summed E-state index contributed by atoms with van der Waals surface area (Å²) in [5, 5.41) is 0. The van der Waals surface area contributed by atoms with Crippen molar-refractivity contribution in [2.24, 2.45) is 17.8 Å². The van der Waals surface area contributed by atoms with Crippen molar-refractivity contribution in [2.45, 2.75) is 38.0 Å². The van der Waals surface area contributed by atoms with E-state index in [0.29, 0.717) is 43.6 Å². The predicted molar refractivity (Wildman–Crippen MR) is 89.2 cm³/mol. The second kappa shape index (κ2) is 5.80. The highest BCUT2D eigenvalue weighted by Gasteiger charge is 2.54. The Morgan fingerprint density at radius 2 is 1.92 bits per heavy atom. The van der Waals surface area contributed by atoms with Crippen molar-refractivity contribution in [3.8, 4) is 0 Å². The van der Waals surface area contributed by atoms with Gasteiger partial charge in [0.1, 0.15) is 0 Å². The van der Waals surface area contributed by atoms with Gasteiger partial charge in [-0.15, -0.1) is 0 Å². The van der Waals surface area contributed by atoms with Crippen LogP contribution < -0.4 is 0 Å². The van der Waals surface area contributed by atoms with E-state index in [4.69, 9.17) is 4.74 Å². The van der Waals surface area contributed by atoms with Crippen LogP contribution in [0.5, 0.6) is 0 Å². The highest BCUT2D eigenvalue weighted by atomic mass is 16.5. The summed E-state index contributed by atoms with van der Waals surface area (Å²) in [7, 11) is 0. The molecule has 1 aromatic heterocycles. The Hall–Kier alpha value is -1.95. The first-order valence-electron chi connectivity index (χ1n) is 9.31. The number of nitrogens with zero attached hydrogens (tertiary/aromatic N) is 3. The SMILES string of the molecule is O=C1C[C@@H](C(=O)N2C[C@@H]3[C@H](C2)[C@H]2CC[C@@H]3O2)CN1Cc1ccccn1. The first kappa shape index (κ1) is 15.3. The van der Waals surface area contributed by atoms with Gasteiger partial charge in [-0.3, -0.25) is 14.6 Å². The average Bonchev–Trinajstić information content (AvgIpc) is 3.37. The van der Waals surface area contributed by atoms with Crippen LogP contribution in [0.25, 0.3) is 0 Å². The summed E-state index contributed by atoms with van der Waals surface area (Å²) >= 11 is 0. The van der Waals surface area contributed by atoms with Gasteiger partial charge >= 0.3 is 0 Å². The largest absolute Gasteiger partial charge is 0.374 e. The fourth-order valence-corrected chi connectivity index (χ4v) is 5.18. The Bertz CT molecular complexity index is 676. The number of hydrogen-bond donors (Lipinski definition) is 0. The van der Waals surface area contributed by atoms with Crippen LogP contribution in [0.1, 0.15) is 25.0 Å². The quantitative estimate of drug-likeness (QED) is 0.825. The molecule has 0 N–H and O–H groups in total. The Kier molecular flexibility index (Phi) is 3.55. The van der Waals surface area contributed by atoms with Crippen LogP contribution in [-0.2, 0) is 20.9 Å². The summed E-state index contributed by atoms with van der Waals surface area (Å²) < 4.78 is 5.99. The summed E-state index contributed by atoms with van der Waals surface area (Å²) in [6, 6.07) is 5.70. The number of pyridine rings is 1. The lowest BCUT2D eigenvalue weighted by Crippen LogP contribution is -2.37. The van der Waals surface area contributed by atoms with E-state index in [1.54, 1.807) is 11.1 Å². The first-order chi connectivity index (χ1) is 12.2. The van der Waals surface area contributed by atoms with E-state index in [0.717, 1.165) is 31.6 Å². The molecule has 5 heterocycles. The smallest absolute Gasteiger partial charge is 0.228 e. The van der Waals surface area contributed by atoms with Crippen LogP contribution in [-0.4, -0.2) is 58.4 Å². The van der Waals surface area contributed by atoms with Gasteiger partial charge in [0, 0.05) is 44.1 Å². The van der Waals surface area contributed by atoms with E-state index in [1.807, 2.05) is 23.1 Å². The second-order valence-corrected chi connectivity index (χ2v) is 7.86. The molecule has 0 saturated carbocycles. The van der Waals surface area contributed by atoms with E-state index in [2.05, 4.69) is 4.98 Å². The van der Waals surface area contributed by atoms with Crippen LogP contribution in [0.3, 0.4) is 0 Å². The number of ether oxygens (including phenoxy) is 1. The molecule has 2 amide bonds. The van der Waals surface area contributed by atoms with Crippen molar-refractivity contribution in [2.75, 3.05) is 19.6 Å². The maximum atomic E-state index is 12.9. The van der Waals surface area contributed by atoms with E-state index in [9.17, 15) is 9.59 Å². The van der Waals surface area contributed by atoms with Crippen molar-refractivity contribution in [1.82, 2.24) is 14.8 Å². The normalized spacial score (nSPS) is 36.3. The maximum Gasteiger partial charge on any atom is 0.228 e. The van der Waals surface area contributed by atoms with Gasteiger partial charge < -0.3 is 14.5 Å². The van der Waals surface area contributed by atoms with Gasteiger partial charge in [-0.05, 0) is 25.0 Å². The van der Waals surface area contributed by atoms with Gasteiger partial charge in [-0.25, -0.2) is 0 Å². The molecular formula is C19H23N3O3. The van der Waals surface area contributed by atoms with E-state index < -0.39 is 0 Å². The highest BCUT2D eigenvalue weighted by Crippen LogP contribution is 2.47. The van der Waals surface area contributed by atoms with E-state index >= 15 is 0 Å². The van der Waals surface area contributed by atoms with E-state index in [-0.39, 0.29) is 17.7 Å². The van der Waals surface area contributed by atoms with Crippen LogP contribution >= 0.6 is 0 Å². The Morgan fingerprint density at radius 3 is 2.60 bits per heavy atom. The number of amides is 2. The summed E-state index contributed by atoms with van der Waals surface area (Å²) in [4.78, 5) is 33.3. The lowest BCUT2D eigenvalue weighted by molar-refractivity contribution is -0.135. The average molecular weight is 341 g/mol. The Morgan fingerprint density at radius 1 is 1.16 bits per heavy atom. The number of carbonyl (C=O) groups excluding carboxylic acids is 2. The number of hydrogen-bond acceptors (Lipinski definition) is 4. The summed E-state index contributed by atoms with van der Waals surface area (Å²) in [5.41, 5.74) is 0.869. The van der Waals surface area contributed by atoms with Crippen LogP contribution in [0, 0.1) is 17.8 Å². The molecule has 0 aromatic carbocycles. The minimum Gasteiger partial charge on any atom is -0.374 e. The molecule has 4 fully saturated rings. The predicted octanol–water partition coefficient (Wildman–Crippen LogP) is 1.07. The second-order valence-electron chi connectivity index (χ2n) is 7.86. The Balaban J connectivity index is 1.23. The Labute approximate surface area is 147 Å². The van der Waals surface area contributed by atoms with Gasteiger partial charge in [0.15, 0.2) is 0 Å². The third-order valence-corrected chi connectivity index (χ3v) is 6.41. The van der Waals surface area contributed by atoms with Crippen LogP contribution in [0.2, 0.25) is 0 Å². The maximum absolute atomic E-state index is 12.9. The number of aromatic nitrogens is 1. The molecule has 5 rings (SSSR count). The third-order valence-electron chi connectivity index (χ3n) is 6.41. The molecule has 2 bridgehead atoms. The molecule has 132 valence electrons. The summed E-state index contributed by atoms with van der Waals surface area (Å²) in [6.45, 7) is 2.64.